The molecule has 2 N–H and O–H groups in total. The van der Waals surface area contributed by atoms with Crippen LogP contribution in [0.4, 0.5) is 16.2 Å². The smallest absolute Gasteiger partial charge is 0.410 e. The van der Waals surface area contributed by atoms with Gasteiger partial charge in [-0.1, -0.05) is 0 Å². The highest BCUT2D eigenvalue weighted by molar-refractivity contribution is 6.02. The van der Waals surface area contributed by atoms with Gasteiger partial charge in [0.1, 0.15) is 11.6 Å². The Balaban J connectivity index is 1.58. The minimum absolute atomic E-state index is 0.214. The molecule has 1 aromatic heterocycles. The number of nitrogens with one attached hydrogen (secondary N) is 2. The van der Waals surface area contributed by atoms with Crippen LogP contribution in [-0.4, -0.2) is 41.0 Å². The summed E-state index contributed by atoms with van der Waals surface area (Å²) >= 11 is 0. The van der Waals surface area contributed by atoms with Crippen molar-refractivity contribution in [1.82, 2.24) is 4.90 Å². The fraction of sp³-hybridized carbons (Fsp3) is 0.381. The van der Waals surface area contributed by atoms with Gasteiger partial charge in [-0.2, -0.15) is 0 Å². The van der Waals surface area contributed by atoms with Gasteiger partial charge in [0.25, 0.3) is 5.91 Å². The van der Waals surface area contributed by atoms with Crippen molar-refractivity contribution in [2.45, 2.75) is 45.3 Å². The van der Waals surface area contributed by atoms with E-state index < -0.39 is 17.7 Å². The summed E-state index contributed by atoms with van der Waals surface area (Å²) in [5.41, 5.74) is 0.527. The normalized spacial score (nSPS) is 16.4. The van der Waals surface area contributed by atoms with Gasteiger partial charge < -0.3 is 19.8 Å². The minimum Gasteiger partial charge on any atom is -0.459 e. The number of furan rings is 1. The molecule has 8 nitrogen and oxygen atoms in total. The molecular weight excluding hydrogens is 374 g/mol. The zero-order chi connectivity index (χ0) is 21.0. The van der Waals surface area contributed by atoms with Crippen molar-refractivity contribution in [3.63, 3.8) is 0 Å². The van der Waals surface area contributed by atoms with E-state index in [1.54, 1.807) is 57.2 Å². The van der Waals surface area contributed by atoms with Gasteiger partial charge in [0.05, 0.1) is 6.26 Å². The number of hydrogen-bond acceptors (Lipinski definition) is 5. The second kappa shape index (κ2) is 8.38. The molecule has 1 unspecified atom stereocenters. The Kier molecular flexibility index (Phi) is 5.91. The predicted molar refractivity (Wildman–Crippen MR) is 108 cm³/mol. The fourth-order valence-corrected chi connectivity index (χ4v) is 3.04. The van der Waals surface area contributed by atoms with Crippen molar-refractivity contribution in [2.24, 2.45) is 0 Å². The Morgan fingerprint density at radius 1 is 1.07 bits per heavy atom. The maximum atomic E-state index is 12.7. The van der Waals surface area contributed by atoms with Crippen molar-refractivity contribution in [3.05, 3.63) is 48.4 Å². The molecule has 0 saturated carbocycles. The minimum atomic E-state index is -0.614. The SMILES string of the molecule is CC(C)(C)OC(=O)N1CCCC1C(=O)Nc1ccc(NC(=O)c2ccco2)cc1. The predicted octanol–water partition coefficient (Wildman–Crippen LogP) is 3.87. The molecule has 3 amide bonds. The lowest BCUT2D eigenvalue weighted by Gasteiger charge is -2.28. The summed E-state index contributed by atoms with van der Waals surface area (Å²) in [5.74, 6) is -0.405. The van der Waals surface area contributed by atoms with Gasteiger partial charge in [0.2, 0.25) is 5.91 Å². The van der Waals surface area contributed by atoms with Gasteiger partial charge in [0.15, 0.2) is 5.76 Å². The van der Waals surface area contributed by atoms with Crippen LogP contribution < -0.4 is 10.6 Å². The molecule has 1 fully saturated rings. The van der Waals surface area contributed by atoms with E-state index in [4.69, 9.17) is 9.15 Å². The number of benzene rings is 1. The second-order valence-electron chi connectivity index (χ2n) is 7.83. The third-order valence-electron chi connectivity index (χ3n) is 4.34. The van der Waals surface area contributed by atoms with Crippen molar-refractivity contribution >= 4 is 29.3 Å². The van der Waals surface area contributed by atoms with Crippen molar-refractivity contribution < 1.29 is 23.5 Å². The number of carbonyl (C=O) groups excluding carboxylic acids is 3. The molecule has 0 bridgehead atoms. The highest BCUT2D eigenvalue weighted by Gasteiger charge is 2.36. The van der Waals surface area contributed by atoms with Gasteiger partial charge in [0, 0.05) is 17.9 Å². The van der Waals surface area contributed by atoms with Crippen LogP contribution in [0.5, 0.6) is 0 Å². The first-order valence-corrected chi connectivity index (χ1v) is 9.48. The molecule has 1 aromatic carbocycles. The van der Waals surface area contributed by atoms with E-state index >= 15 is 0 Å². The summed E-state index contributed by atoms with van der Waals surface area (Å²) in [4.78, 5) is 38.5. The van der Waals surface area contributed by atoms with Crippen LogP contribution in [-0.2, 0) is 9.53 Å². The first kappa shape index (κ1) is 20.4. The molecule has 1 aliphatic heterocycles. The number of anilines is 2. The van der Waals surface area contributed by atoms with Crippen LogP contribution in [0, 0.1) is 0 Å². The lowest BCUT2D eigenvalue weighted by atomic mass is 10.2. The Labute approximate surface area is 169 Å². The average molecular weight is 399 g/mol. The topological polar surface area (TPSA) is 101 Å². The van der Waals surface area contributed by atoms with Gasteiger partial charge in [-0.3, -0.25) is 14.5 Å². The third kappa shape index (κ3) is 5.37. The molecule has 1 saturated heterocycles. The lowest BCUT2D eigenvalue weighted by molar-refractivity contribution is -0.120. The van der Waals surface area contributed by atoms with E-state index in [0.717, 1.165) is 6.42 Å². The number of rotatable bonds is 4. The monoisotopic (exact) mass is 399 g/mol. The molecule has 2 heterocycles. The summed E-state index contributed by atoms with van der Waals surface area (Å²) in [6.45, 7) is 5.87. The number of hydrogen-bond donors (Lipinski definition) is 2. The molecule has 0 spiro atoms. The van der Waals surface area contributed by atoms with Gasteiger partial charge in [-0.05, 0) is 70.0 Å². The maximum absolute atomic E-state index is 12.7. The van der Waals surface area contributed by atoms with E-state index in [1.165, 1.54) is 11.2 Å². The lowest BCUT2D eigenvalue weighted by Crippen LogP contribution is -2.45. The summed E-state index contributed by atoms with van der Waals surface area (Å²) in [6.07, 6.45) is 2.28. The van der Waals surface area contributed by atoms with Crippen LogP contribution in [0.15, 0.2) is 47.1 Å². The largest absolute Gasteiger partial charge is 0.459 e. The van der Waals surface area contributed by atoms with Crippen molar-refractivity contribution in [3.8, 4) is 0 Å². The fourth-order valence-electron chi connectivity index (χ4n) is 3.04. The number of likely N-dealkylation sites (tertiary alicyclic amines) is 1. The van der Waals surface area contributed by atoms with E-state index in [9.17, 15) is 14.4 Å². The summed E-state index contributed by atoms with van der Waals surface area (Å²) in [6, 6.07) is 9.36. The molecule has 154 valence electrons. The quantitative estimate of drug-likeness (QED) is 0.813. The van der Waals surface area contributed by atoms with E-state index in [0.29, 0.717) is 24.3 Å². The zero-order valence-corrected chi connectivity index (χ0v) is 16.7. The molecule has 1 atom stereocenters. The van der Waals surface area contributed by atoms with Crippen LogP contribution in [0.3, 0.4) is 0 Å². The second-order valence-corrected chi connectivity index (χ2v) is 7.83. The van der Waals surface area contributed by atoms with Crippen LogP contribution in [0.1, 0.15) is 44.2 Å². The Bertz CT molecular complexity index is 869. The van der Waals surface area contributed by atoms with Crippen LogP contribution >= 0.6 is 0 Å². The van der Waals surface area contributed by atoms with E-state index in [-0.39, 0.29) is 17.6 Å². The molecule has 3 rings (SSSR count). The first-order valence-electron chi connectivity index (χ1n) is 9.48. The van der Waals surface area contributed by atoms with E-state index in [1.807, 2.05) is 0 Å². The van der Waals surface area contributed by atoms with Crippen molar-refractivity contribution in [1.29, 1.82) is 0 Å². The van der Waals surface area contributed by atoms with Gasteiger partial charge >= 0.3 is 6.09 Å². The maximum Gasteiger partial charge on any atom is 0.410 e. The molecule has 0 radical (unpaired) electrons. The van der Waals surface area contributed by atoms with Gasteiger partial charge in [-0.15, -0.1) is 0 Å². The molecule has 29 heavy (non-hydrogen) atoms. The molecular formula is C21H25N3O5. The average Bonchev–Trinajstić information content (AvgIpc) is 3.34. The molecule has 1 aliphatic rings. The Morgan fingerprint density at radius 2 is 1.72 bits per heavy atom. The Morgan fingerprint density at radius 3 is 2.31 bits per heavy atom. The summed E-state index contributed by atoms with van der Waals surface area (Å²) in [7, 11) is 0. The number of carbonyl (C=O) groups is 3. The van der Waals surface area contributed by atoms with Gasteiger partial charge in [-0.25, -0.2) is 4.79 Å². The number of ether oxygens (including phenoxy) is 1. The zero-order valence-electron chi connectivity index (χ0n) is 16.7. The summed E-state index contributed by atoms with van der Waals surface area (Å²) < 4.78 is 10.4. The third-order valence-corrected chi connectivity index (χ3v) is 4.34. The standard InChI is InChI=1S/C21H25N3O5/c1-21(2,3)29-20(27)24-12-4-6-16(24)18(25)22-14-8-10-15(11-9-14)23-19(26)17-7-5-13-28-17/h5,7-11,13,16H,4,6,12H2,1-3H3,(H,22,25)(H,23,26). The summed E-state index contributed by atoms with van der Waals surface area (Å²) in [5, 5.41) is 5.53. The Hall–Kier alpha value is -3.29. The van der Waals surface area contributed by atoms with Crippen molar-refractivity contribution in [2.75, 3.05) is 17.2 Å². The highest BCUT2D eigenvalue weighted by atomic mass is 16.6. The molecule has 8 heteroatoms. The molecule has 0 aliphatic carbocycles. The highest BCUT2D eigenvalue weighted by Crippen LogP contribution is 2.23. The molecule has 2 aromatic rings. The first-order chi connectivity index (χ1) is 13.7. The van der Waals surface area contributed by atoms with Crippen LogP contribution in [0.2, 0.25) is 0 Å². The number of amides is 3. The van der Waals surface area contributed by atoms with Crippen LogP contribution in [0.25, 0.3) is 0 Å². The number of nitrogens with zero attached hydrogens (tertiary/aromatic N) is 1. The van der Waals surface area contributed by atoms with E-state index in [2.05, 4.69) is 10.6 Å².